The van der Waals surface area contributed by atoms with Crippen molar-refractivity contribution in [3.05, 3.63) is 48.3 Å². The van der Waals surface area contributed by atoms with Crippen molar-refractivity contribution in [2.24, 2.45) is 0 Å². The molecule has 0 radical (unpaired) electrons. The van der Waals surface area contributed by atoms with Crippen LogP contribution in [0.25, 0.3) is 11.1 Å². The van der Waals surface area contributed by atoms with Crippen molar-refractivity contribution >= 4 is 6.09 Å². The van der Waals surface area contributed by atoms with E-state index < -0.39 is 6.09 Å². The minimum absolute atomic E-state index is 0.219. The van der Waals surface area contributed by atoms with Gasteiger partial charge in [-0.3, -0.25) is 4.98 Å². The van der Waals surface area contributed by atoms with E-state index in [2.05, 4.69) is 10.3 Å². The minimum Gasteiger partial charge on any atom is -0.491 e. The first-order valence-electron chi connectivity index (χ1n) is 6.38. The summed E-state index contributed by atoms with van der Waals surface area (Å²) in [5, 5.41) is 11.3. The normalized spacial score (nSPS) is 16.9. The summed E-state index contributed by atoms with van der Waals surface area (Å²) in [6.07, 6.45) is 3.08. The number of fused-ring (bicyclic) bond motifs is 1. The van der Waals surface area contributed by atoms with Crippen molar-refractivity contribution in [3.63, 3.8) is 0 Å². The summed E-state index contributed by atoms with van der Waals surface area (Å²) in [6, 6.07) is 9.52. The fraction of sp³-hybridized carbons (Fsp3) is 0.200. The fourth-order valence-corrected chi connectivity index (χ4v) is 2.48. The van der Waals surface area contributed by atoms with Crippen LogP contribution >= 0.6 is 0 Å². The van der Waals surface area contributed by atoms with E-state index in [-0.39, 0.29) is 6.04 Å². The SMILES string of the molecule is O=C(O)N[C@@H]1COc2cccc(-c3ccncc3)c2C1. The number of aromatic nitrogens is 1. The van der Waals surface area contributed by atoms with Crippen LogP contribution in [-0.4, -0.2) is 28.8 Å². The summed E-state index contributed by atoms with van der Waals surface area (Å²) in [7, 11) is 0. The monoisotopic (exact) mass is 270 g/mol. The second-order valence-corrected chi connectivity index (χ2v) is 4.68. The maximum absolute atomic E-state index is 10.8. The third-order valence-corrected chi connectivity index (χ3v) is 3.34. The van der Waals surface area contributed by atoms with Gasteiger partial charge in [-0.05, 0) is 29.3 Å². The van der Waals surface area contributed by atoms with Gasteiger partial charge in [0.1, 0.15) is 12.4 Å². The fourth-order valence-electron chi connectivity index (χ4n) is 2.48. The van der Waals surface area contributed by atoms with Crippen LogP contribution in [0.1, 0.15) is 5.56 Å². The van der Waals surface area contributed by atoms with Crippen LogP contribution < -0.4 is 10.1 Å². The number of amides is 1. The predicted molar refractivity (Wildman–Crippen MR) is 73.8 cm³/mol. The average molecular weight is 270 g/mol. The second-order valence-electron chi connectivity index (χ2n) is 4.68. The highest BCUT2D eigenvalue weighted by molar-refractivity contribution is 5.71. The van der Waals surface area contributed by atoms with E-state index in [9.17, 15) is 4.79 Å². The Balaban J connectivity index is 1.97. The van der Waals surface area contributed by atoms with E-state index >= 15 is 0 Å². The number of nitrogens with zero attached hydrogens (tertiary/aromatic N) is 1. The average Bonchev–Trinajstić information content (AvgIpc) is 2.47. The van der Waals surface area contributed by atoms with E-state index in [0.717, 1.165) is 22.4 Å². The number of carbonyl (C=O) groups is 1. The van der Waals surface area contributed by atoms with Crippen LogP contribution in [0.2, 0.25) is 0 Å². The zero-order valence-electron chi connectivity index (χ0n) is 10.7. The highest BCUT2D eigenvalue weighted by Crippen LogP contribution is 2.33. The highest BCUT2D eigenvalue weighted by Gasteiger charge is 2.23. The van der Waals surface area contributed by atoms with Gasteiger partial charge in [0.05, 0.1) is 6.04 Å². The molecule has 5 heteroatoms. The number of benzene rings is 1. The van der Waals surface area contributed by atoms with Gasteiger partial charge in [0, 0.05) is 24.4 Å². The summed E-state index contributed by atoms with van der Waals surface area (Å²) in [6.45, 7) is 0.360. The van der Waals surface area contributed by atoms with Crippen LogP contribution in [0.3, 0.4) is 0 Å². The van der Waals surface area contributed by atoms with Crippen LogP contribution in [0.15, 0.2) is 42.7 Å². The number of hydrogen-bond donors (Lipinski definition) is 2. The molecule has 1 aromatic heterocycles. The van der Waals surface area contributed by atoms with Gasteiger partial charge in [0.2, 0.25) is 0 Å². The van der Waals surface area contributed by atoms with Crippen molar-refractivity contribution in [2.45, 2.75) is 12.5 Å². The van der Waals surface area contributed by atoms with Crippen LogP contribution in [0.4, 0.5) is 4.79 Å². The summed E-state index contributed by atoms with van der Waals surface area (Å²) >= 11 is 0. The van der Waals surface area contributed by atoms with E-state index in [1.54, 1.807) is 12.4 Å². The molecule has 0 unspecified atom stereocenters. The molecule has 5 nitrogen and oxygen atoms in total. The molecule has 0 spiro atoms. The van der Waals surface area contributed by atoms with Crippen molar-refractivity contribution in [1.29, 1.82) is 0 Å². The first-order chi connectivity index (χ1) is 9.74. The highest BCUT2D eigenvalue weighted by atomic mass is 16.5. The van der Waals surface area contributed by atoms with Gasteiger partial charge in [0.15, 0.2) is 0 Å². The summed E-state index contributed by atoms with van der Waals surface area (Å²) in [5.41, 5.74) is 3.14. The van der Waals surface area contributed by atoms with Gasteiger partial charge in [0.25, 0.3) is 0 Å². The number of rotatable bonds is 2. The number of hydrogen-bond acceptors (Lipinski definition) is 3. The zero-order valence-corrected chi connectivity index (χ0v) is 10.7. The van der Waals surface area contributed by atoms with Crippen molar-refractivity contribution < 1.29 is 14.6 Å². The number of carboxylic acid groups (broad SMARTS) is 1. The molecule has 102 valence electrons. The molecular weight excluding hydrogens is 256 g/mol. The maximum atomic E-state index is 10.8. The Bertz CT molecular complexity index is 628. The molecule has 0 saturated heterocycles. The molecule has 1 amide bonds. The molecule has 1 aliphatic rings. The molecule has 2 N–H and O–H groups in total. The van der Waals surface area contributed by atoms with Gasteiger partial charge in [-0.2, -0.15) is 0 Å². The van der Waals surface area contributed by atoms with Gasteiger partial charge in [-0.15, -0.1) is 0 Å². The molecule has 0 saturated carbocycles. The largest absolute Gasteiger partial charge is 0.491 e. The molecule has 0 fully saturated rings. The molecule has 0 aliphatic carbocycles. The van der Waals surface area contributed by atoms with Crippen molar-refractivity contribution in [3.8, 4) is 16.9 Å². The number of ether oxygens (including phenoxy) is 1. The molecule has 20 heavy (non-hydrogen) atoms. The standard InChI is InChI=1S/C15H14N2O3/c18-15(19)17-11-8-13-12(10-4-6-16-7-5-10)2-1-3-14(13)20-9-11/h1-7,11,17H,8-9H2,(H,18,19)/t11-/m0/s1. The van der Waals surface area contributed by atoms with E-state index in [4.69, 9.17) is 9.84 Å². The number of pyridine rings is 1. The van der Waals surface area contributed by atoms with E-state index in [1.165, 1.54) is 0 Å². The predicted octanol–water partition coefficient (Wildman–Crippen LogP) is 2.32. The van der Waals surface area contributed by atoms with E-state index in [0.29, 0.717) is 13.0 Å². The number of nitrogens with one attached hydrogen (secondary N) is 1. The Morgan fingerprint density at radius 2 is 2.10 bits per heavy atom. The molecule has 1 aromatic carbocycles. The van der Waals surface area contributed by atoms with Gasteiger partial charge in [-0.1, -0.05) is 12.1 Å². The summed E-state index contributed by atoms with van der Waals surface area (Å²) < 4.78 is 5.66. The Hall–Kier alpha value is -2.56. The lowest BCUT2D eigenvalue weighted by Gasteiger charge is -2.27. The Morgan fingerprint density at radius 1 is 1.30 bits per heavy atom. The molecule has 1 aliphatic heterocycles. The van der Waals surface area contributed by atoms with Gasteiger partial charge < -0.3 is 15.2 Å². The summed E-state index contributed by atoms with van der Waals surface area (Å²) in [5.74, 6) is 0.822. The molecule has 2 aromatic rings. The smallest absolute Gasteiger partial charge is 0.405 e. The lowest BCUT2D eigenvalue weighted by atomic mass is 9.93. The topological polar surface area (TPSA) is 71.5 Å². The Morgan fingerprint density at radius 3 is 2.85 bits per heavy atom. The molecular formula is C15H14N2O3. The van der Waals surface area contributed by atoms with Crippen molar-refractivity contribution in [2.75, 3.05) is 6.61 Å². The van der Waals surface area contributed by atoms with Gasteiger partial charge in [-0.25, -0.2) is 4.79 Å². The van der Waals surface area contributed by atoms with Crippen molar-refractivity contribution in [1.82, 2.24) is 10.3 Å². The second kappa shape index (κ2) is 5.21. The maximum Gasteiger partial charge on any atom is 0.405 e. The first-order valence-corrected chi connectivity index (χ1v) is 6.38. The summed E-state index contributed by atoms with van der Waals surface area (Å²) in [4.78, 5) is 14.8. The molecule has 3 rings (SSSR count). The van der Waals surface area contributed by atoms with Gasteiger partial charge >= 0.3 is 6.09 Å². The van der Waals surface area contributed by atoms with E-state index in [1.807, 2.05) is 30.3 Å². The minimum atomic E-state index is -1.02. The lowest BCUT2D eigenvalue weighted by molar-refractivity contribution is 0.176. The molecule has 1 atom stereocenters. The van der Waals surface area contributed by atoms with Crippen LogP contribution in [0.5, 0.6) is 5.75 Å². The molecule has 0 bridgehead atoms. The zero-order chi connectivity index (χ0) is 13.9. The quantitative estimate of drug-likeness (QED) is 0.878. The van der Waals surface area contributed by atoms with Crippen LogP contribution in [-0.2, 0) is 6.42 Å². The third-order valence-electron chi connectivity index (χ3n) is 3.34. The lowest BCUT2D eigenvalue weighted by Crippen LogP contribution is -2.42. The Labute approximate surface area is 116 Å². The van der Waals surface area contributed by atoms with Crippen LogP contribution in [0, 0.1) is 0 Å². The third kappa shape index (κ3) is 2.42. The molecule has 2 heterocycles. The Kier molecular flexibility index (Phi) is 3.25. The first kappa shape index (κ1) is 12.5.